The first-order chi connectivity index (χ1) is 18.9. The van der Waals surface area contributed by atoms with Crippen molar-refractivity contribution in [3.05, 3.63) is 125 Å². The maximum atomic E-state index is 14.0. The van der Waals surface area contributed by atoms with Gasteiger partial charge >= 0.3 is 0 Å². The van der Waals surface area contributed by atoms with Gasteiger partial charge in [0.05, 0.1) is 35.8 Å². The van der Waals surface area contributed by atoms with Crippen LogP contribution in [-0.4, -0.2) is 21.4 Å². The molecule has 1 N–H and O–H groups in total. The molecule has 7 heteroatoms. The topological polar surface area (TPSA) is 75.7 Å². The van der Waals surface area contributed by atoms with Crippen LogP contribution in [0.4, 0.5) is 5.69 Å². The zero-order valence-electron chi connectivity index (χ0n) is 22.1. The summed E-state index contributed by atoms with van der Waals surface area (Å²) in [5.74, 6) is 0.227. The molecule has 0 radical (unpaired) electrons. The van der Waals surface area contributed by atoms with Crippen molar-refractivity contribution in [2.24, 2.45) is 0 Å². The normalized spacial score (nSPS) is 13.4. The molecule has 4 aromatic carbocycles. The van der Waals surface area contributed by atoms with E-state index in [0.717, 1.165) is 30.4 Å². The van der Waals surface area contributed by atoms with E-state index in [9.17, 15) is 13.2 Å². The molecule has 0 aromatic heterocycles. The van der Waals surface area contributed by atoms with E-state index >= 15 is 0 Å². The number of aryl methyl sites for hydroxylation is 2. The van der Waals surface area contributed by atoms with Gasteiger partial charge in [-0.2, -0.15) is 0 Å². The number of sulfonamides is 1. The molecule has 4 aromatic rings. The van der Waals surface area contributed by atoms with Crippen LogP contribution in [0.15, 0.2) is 102 Å². The third kappa shape index (κ3) is 5.68. The predicted molar refractivity (Wildman–Crippen MR) is 154 cm³/mol. The first-order valence-corrected chi connectivity index (χ1v) is 14.5. The summed E-state index contributed by atoms with van der Waals surface area (Å²) in [6.45, 7) is 2.02. The Morgan fingerprint density at radius 1 is 0.897 bits per heavy atom. The molecule has 1 atom stereocenters. The van der Waals surface area contributed by atoms with Crippen molar-refractivity contribution in [1.29, 1.82) is 0 Å². The Morgan fingerprint density at radius 3 is 2.33 bits per heavy atom. The average Bonchev–Trinajstić information content (AvgIpc) is 3.44. The van der Waals surface area contributed by atoms with E-state index in [1.807, 2.05) is 37.3 Å². The lowest BCUT2D eigenvalue weighted by molar-refractivity contribution is 0.0940. The van der Waals surface area contributed by atoms with Crippen LogP contribution in [0.25, 0.3) is 0 Å². The van der Waals surface area contributed by atoms with Gasteiger partial charge in [-0.3, -0.25) is 9.10 Å². The largest absolute Gasteiger partial charge is 0.497 e. The Balaban J connectivity index is 1.50. The van der Waals surface area contributed by atoms with Crippen LogP contribution in [-0.2, 0) is 29.4 Å². The highest BCUT2D eigenvalue weighted by Crippen LogP contribution is 2.31. The van der Waals surface area contributed by atoms with Crippen LogP contribution in [0, 0.1) is 0 Å². The molecule has 6 nitrogen and oxygen atoms in total. The summed E-state index contributed by atoms with van der Waals surface area (Å²) in [6, 6.07) is 28.6. The van der Waals surface area contributed by atoms with Gasteiger partial charge in [0.1, 0.15) is 5.75 Å². The van der Waals surface area contributed by atoms with Crippen molar-refractivity contribution in [3.63, 3.8) is 0 Å². The second-order valence-electron chi connectivity index (χ2n) is 9.77. The maximum Gasteiger partial charge on any atom is 0.264 e. The number of nitrogens with one attached hydrogen (secondary N) is 1. The fraction of sp³-hybridized carbons (Fsp3) is 0.219. The van der Waals surface area contributed by atoms with Crippen molar-refractivity contribution in [1.82, 2.24) is 5.32 Å². The number of amides is 1. The summed E-state index contributed by atoms with van der Waals surface area (Å²) in [5, 5.41) is 3.09. The van der Waals surface area contributed by atoms with Gasteiger partial charge in [-0.25, -0.2) is 8.42 Å². The number of ether oxygens (including phenoxy) is 1. The van der Waals surface area contributed by atoms with Gasteiger partial charge in [0, 0.05) is 0 Å². The quantitative estimate of drug-likeness (QED) is 0.280. The van der Waals surface area contributed by atoms with Gasteiger partial charge in [0.2, 0.25) is 0 Å². The molecule has 39 heavy (non-hydrogen) atoms. The molecular formula is C32H32N2O4S. The number of benzene rings is 4. The number of carbonyl (C=O) groups is 1. The monoisotopic (exact) mass is 540 g/mol. The Bertz CT molecular complexity index is 1570. The summed E-state index contributed by atoms with van der Waals surface area (Å²) in [5.41, 5.74) is 5.16. The van der Waals surface area contributed by atoms with E-state index in [2.05, 4.69) is 23.5 Å². The molecule has 1 amide bonds. The van der Waals surface area contributed by atoms with E-state index in [1.54, 1.807) is 36.4 Å². The Labute approximate surface area is 230 Å². The maximum absolute atomic E-state index is 14.0. The molecule has 0 spiro atoms. The highest BCUT2D eigenvalue weighted by Gasteiger charge is 2.29. The van der Waals surface area contributed by atoms with Gasteiger partial charge < -0.3 is 10.1 Å². The lowest BCUT2D eigenvalue weighted by Crippen LogP contribution is -2.34. The molecule has 0 heterocycles. The van der Waals surface area contributed by atoms with Crippen LogP contribution in [0.1, 0.15) is 52.0 Å². The minimum absolute atomic E-state index is 0.0693. The Kier molecular flexibility index (Phi) is 7.70. The van der Waals surface area contributed by atoms with Crippen molar-refractivity contribution in [2.45, 2.75) is 43.7 Å². The van der Waals surface area contributed by atoms with Crippen LogP contribution in [0.5, 0.6) is 5.75 Å². The number of anilines is 1. The van der Waals surface area contributed by atoms with Gasteiger partial charge in [-0.1, -0.05) is 60.7 Å². The standard InChI is InChI=1S/C32H32N2O4S/c1-23(26-16-15-25-11-8-12-27(25)21-26)33-32(35)30-13-6-7-14-31(30)34(22-24-9-4-3-5-10-24)39(36,37)29-19-17-28(38-2)18-20-29/h3-7,9-10,13-21,23H,8,11-12,22H2,1-2H3,(H,33,35)/t23-/m1/s1. The highest BCUT2D eigenvalue weighted by atomic mass is 32.2. The van der Waals surface area contributed by atoms with Crippen LogP contribution < -0.4 is 14.4 Å². The number of nitrogens with zero attached hydrogens (tertiary/aromatic N) is 1. The molecular weight excluding hydrogens is 508 g/mol. The average molecular weight is 541 g/mol. The first-order valence-electron chi connectivity index (χ1n) is 13.1. The fourth-order valence-corrected chi connectivity index (χ4v) is 6.50. The molecule has 0 bridgehead atoms. The molecule has 0 aliphatic heterocycles. The SMILES string of the molecule is COc1ccc(S(=O)(=O)N(Cc2ccccc2)c2ccccc2C(=O)N[C@H](C)c2ccc3c(c2)CCC3)cc1. The number of rotatable bonds is 9. The molecule has 0 saturated heterocycles. The Hall–Kier alpha value is -4.10. The van der Waals surface area contributed by atoms with Crippen LogP contribution in [0.2, 0.25) is 0 Å². The number of para-hydroxylation sites is 1. The highest BCUT2D eigenvalue weighted by molar-refractivity contribution is 7.92. The fourth-order valence-electron chi connectivity index (χ4n) is 5.03. The molecule has 1 aliphatic carbocycles. The molecule has 0 unspecified atom stereocenters. The minimum atomic E-state index is -4.02. The van der Waals surface area contributed by atoms with E-state index < -0.39 is 10.0 Å². The van der Waals surface area contributed by atoms with Crippen molar-refractivity contribution >= 4 is 21.6 Å². The molecule has 1 aliphatic rings. The molecule has 0 fully saturated rings. The van der Waals surface area contributed by atoms with Crippen LogP contribution >= 0.6 is 0 Å². The smallest absolute Gasteiger partial charge is 0.264 e. The summed E-state index contributed by atoms with van der Waals surface area (Å²) in [7, 11) is -2.49. The predicted octanol–water partition coefficient (Wildman–Crippen LogP) is 6.07. The first kappa shape index (κ1) is 26.5. The lowest BCUT2D eigenvalue weighted by atomic mass is 10.0. The molecule has 5 rings (SSSR count). The summed E-state index contributed by atoms with van der Waals surface area (Å²) in [4.78, 5) is 13.7. The summed E-state index contributed by atoms with van der Waals surface area (Å²) < 4.78 is 34.5. The zero-order chi connectivity index (χ0) is 27.4. The number of hydrogen-bond acceptors (Lipinski definition) is 4. The molecule has 0 saturated carbocycles. The summed E-state index contributed by atoms with van der Waals surface area (Å²) in [6.07, 6.45) is 3.32. The Morgan fingerprint density at radius 2 is 1.59 bits per heavy atom. The van der Waals surface area contributed by atoms with Gasteiger partial charge in [0.15, 0.2) is 0 Å². The van der Waals surface area contributed by atoms with Crippen molar-refractivity contribution < 1.29 is 17.9 Å². The zero-order valence-corrected chi connectivity index (χ0v) is 22.9. The summed E-state index contributed by atoms with van der Waals surface area (Å²) >= 11 is 0. The third-order valence-corrected chi connectivity index (χ3v) is 8.98. The van der Waals surface area contributed by atoms with Crippen LogP contribution in [0.3, 0.4) is 0 Å². The number of hydrogen-bond donors (Lipinski definition) is 1. The second-order valence-corrected chi connectivity index (χ2v) is 11.6. The second kappa shape index (κ2) is 11.3. The molecule has 200 valence electrons. The van der Waals surface area contributed by atoms with Gasteiger partial charge in [0.25, 0.3) is 15.9 Å². The minimum Gasteiger partial charge on any atom is -0.497 e. The van der Waals surface area contributed by atoms with E-state index in [0.29, 0.717) is 17.0 Å². The van der Waals surface area contributed by atoms with Crippen molar-refractivity contribution in [2.75, 3.05) is 11.4 Å². The number of methoxy groups -OCH3 is 1. The number of fused-ring (bicyclic) bond motifs is 1. The van der Waals surface area contributed by atoms with Gasteiger partial charge in [-0.15, -0.1) is 0 Å². The van der Waals surface area contributed by atoms with Gasteiger partial charge in [-0.05, 0) is 84.8 Å². The van der Waals surface area contributed by atoms with E-state index in [4.69, 9.17) is 4.74 Å². The number of carbonyl (C=O) groups excluding carboxylic acids is 1. The van der Waals surface area contributed by atoms with E-state index in [-0.39, 0.29) is 23.4 Å². The van der Waals surface area contributed by atoms with Crippen molar-refractivity contribution in [3.8, 4) is 5.75 Å². The lowest BCUT2D eigenvalue weighted by Gasteiger charge is -2.27. The van der Waals surface area contributed by atoms with E-state index in [1.165, 1.54) is 34.7 Å². The third-order valence-electron chi connectivity index (χ3n) is 7.20.